The second-order valence-corrected chi connectivity index (χ2v) is 9.61. The van der Waals surface area contributed by atoms with Gasteiger partial charge >= 0.3 is 0 Å². The van der Waals surface area contributed by atoms with Gasteiger partial charge in [-0.05, 0) is 44.2 Å². The molecule has 1 amide bonds. The minimum atomic E-state index is -0.515. The van der Waals surface area contributed by atoms with Crippen LogP contribution in [0.15, 0.2) is 47.5 Å². The van der Waals surface area contributed by atoms with E-state index in [1.165, 1.54) is 6.20 Å². The van der Waals surface area contributed by atoms with Crippen LogP contribution in [0.2, 0.25) is 0 Å². The molecule has 200 valence electrons. The van der Waals surface area contributed by atoms with Gasteiger partial charge in [0.05, 0.1) is 23.7 Å². The van der Waals surface area contributed by atoms with Crippen LogP contribution >= 0.6 is 0 Å². The van der Waals surface area contributed by atoms with Crippen molar-refractivity contribution in [2.75, 3.05) is 66.7 Å². The van der Waals surface area contributed by atoms with Gasteiger partial charge in [0.2, 0.25) is 5.88 Å². The highest BCUT2D eigenvalue weighted by molar-refractivity contribution is 6.08. The van der Waals surface area contributed by atoms with Crippen molar-refractivity contribution in [2.45, 2.75) is 20.0 Å². The number of nitrogens with zero attached hydrogens (tertiary/aromatic N) is 3. The van der Waals surface area contributed by atoms with Crippen molar-refractivity contribution in [3.8, 4) is 5.88 Å². The Labute approximate surface area is 220 Å². The van der Waals surface area contributed by atoms with E-state index in [0.29, 0.717) is 42.6 Å². The van der Waals surface area contributed by atoms with Crippen LogP contribution in [0.1, 0.15) is 22.8 Å². The average molecular weight is 520 g/mol. The Hall–Kier alpha value is -4.09. The van der Waals surface area contributed by atoms with E-state index in [1.807, 2.05) is 31.2 Å². The maximum absolute atomic E-state index is 13.2. The predicted octanol–water partition coefficient (Wildman–Crippen LogP) is 2.38. The molecule has 1 aromatic carbocycles. The average Bonchev–Trinajstić information content (AvgIpc) is 2.91. The lowest BCUT2D eigenvalue weighted by atomic mass is 10.1. The number of carbonyl (C=O) groups excluding carboxylic acids is 1. The number of β-amino-alcohol motifs (C(OH)–C–C–N with tert-alkyl or cyclic N) is 1. The number of pyridine rings is 2. The van der Waals surface area contributed by atoms with Crippen LogP contribution < -0.4 is 31.1 Å². The van der Waals surface area contributed by atoms with Gasteiger partial charge in [-0.25, -0.2) is 4.98 Å². The predicted molar refractivity (Wildman–Crippen MR) is 148 cm³/mol. The van der Waals surface area contributed by atoms with Crippen LogP contribution in [0, 0.1) is 6.92 Å². The quantitative estimate of drug-likeness (QED) is 0.319. The Morgan fingerprint density at radius 3 is 2.66 bits per heavy atom. The summed E-state index contributed by atoms with van der Waals surface area (Å²) in [7, 11) is 0. The normalized spacial score (nSPS) is 16.1. The summed E-state index contributed by atoms with van der Waals surface area (Å²) in [5.74, 6) is 0.0205. The molecular weight excluding hydrogens is 486 g/mol. The number of piperazine rings is 1. The summed E-state index contributed by atoms with van der Waals surface area (Å²) >= 11 is 0. The van der Waals surface area contributed by atoms with E-state index >= 15 is 0 Å². The van der Waals surface area contributed by atoms with Crippen molar-refractivity contribution in [3.63, 3.8) is 0 Å². The van der Waals surface area contributed by atoms with Gasteiger partial charge in [-0.3, -0.25) is 14.5 Å². The third kappa shape index (κ3) is 5.58. The zero-order valence-corrected chi connectivity index (χ0v) is 21.6. The monoisotopic (exact) mass is 519 g/mol. The van der Waals surface area contributed by atoms with Gasteiger partial charge in [0.25, 0.3) is 11.5 Å². The van der Waals surface area contributed by atoms with Crippen LogP contribution in [-0.2, 0) is 0 Å². The van der Waals surface area contributed by atoms with Crippen LogP contribution in [-0.4, -0.2) is 77.9 Å². The summed E-state index contributed by atoms with van der Waals surface area (Å²) in [4.78, 5) is 37.4. The number of hydrogen-bond donors (Lipinski definition) is 5. The number of fused-ring (bicyclic) bond motifs is 1. The van der Waals surface area contributed by atoms with E-state index in [4.69, 9.17) is 4.74 Å². The maximum Gasteiger partial charge on any atom is 0.263 e. The molecule has 1 fully saturated rings. The van der Waals surface area contributed by atoms with Gasteiger partial charge in [0.1, 0.15) is 17.9 Å². The topological polar surface area (TPSA) is 135 Å². The molecule has 1 unspecified atom stereocenters. The SMILES string of the molecule is Cc1c(Nc2cc[nH]c(=O)c2C(=O)Nc2ccc(N3CCN(CC(C)O)CC3)cc2)cnc2c1NCCO2. The summed E-state index contributed by atoms with van der Waals surface area (Å²) in [6.45, 7) is 9.14. The van der Waals surface area contributed by atoms with Gasteiger partial charge in [-0.2, -0.15) is 0 Å². The molecule has 0 saturated carbocycles. The zero-order chi connectivity index (χ0) is 26.6. The third-order valence-electron chi connectivity index (χ3n) is 6.79. The molecule has 2 aliphatic rings. The van der Waals surface area contributed by atoms with Gasteiger partial charge in [0.15, 0.2) is 0 Å². The number of amides is 1. The van der Waals surface area contributed by atoms with Crippen LogP contribution in [0.4, 0.5) is 28.4 Å². The Kier molecular flexibility index (Phi) is 7.47. The summed E-state index contributed by atoms with van der Waals surface area (Å²) < 4.78 is 5.59. The number of nitrogens with one attached hydrogen (secondary N) is 4. The lowest BCUT2D eigenvalue weighted by Crippen LogP contribution is -2.48. The first kappa shape index (κ1) is 25.6. The maximum atomic E-state index is 13.2. The number of H-pyrrole nitrogens is 1. The molecule has 0 bridgehead atoms. The van der Waals surface area contributed by atoms with Crippen molar-refractivity contribution in [1.29, 1.82) is 0 Å². The fourth-order valence-corrected chi connectivity index (χ4v) is 4.81. The zero-order valence-electron chi connectivity index (χ0n) is 21.6. The van der Waals surface area contributed by atoms with E-state index in [2.05, 4.69) is 35.7 Å². The van der Waals surface area contributed by atoms with Gasteiger partial charge in [0, 0.05) is 62.4 Å². The molecule has 0 aliphatic carbocycles. The first-order chi connectivity index (χ1) is 18.4. The van der Waals surface area contributed by atoms with Crippen molar-refractivity contribution < 1.29 is 14.6 Å². The van der Waals surface area contributed by atoms with Gasteiger partial charge < -0.3 is 35.7 Å². The van der Waals surface area contributed by atoms with E-state index in [-0.39, 0.29) is 11.7 Å². The number of anilines is 5. The van der Waals surface area contributed by atoms with Crippen molar-refractivity contribution >= 4 is 34.3 Å². The lowest BCUT2D eigenvalue weighted by molar-refractivity contribution is 0.102. The van der Waals surface area contributed by atoms with E-state index < -0.39 is 11.5 Å². The first-order valence-corrected chi connectivity index (χ1v) is 12.8. The molecule has 0 radical (unpaired) electrons. The Morgan fingerprint density at radius 2 is 1.92 bits per heavy atom. The summed E-state index contributed by atoms with van der Waals surface area (Å²) in [6, 6.07) is 9.25. The molecule has 5 N–H and O–H groups in total. The number of hydrogen-bond acceptors (Lipinski definition) is 9. The lowest BCUT2D eigenvalue weighted by Gasteiger charge is -2.36. The van der Waals surface area contributed by atoms with Gasteiger partial charge in [-0.1, -0.05) is 0 Å². The number of aromatic amines is 1. The summed E-state index contributed by atoms with van der Waals surface area (Å²) in [5, 5.41) is 18.9. The van der Waals surface area contributed by atoms with Crippen molar-refractivity contribution in [3.05, 3.63) is 64.2 Å². The van der Waals surface area contributed by atoms with E-state index in [1.54, 1.807) is 19.2 Å². The number of rotatable bonds is 7. The summed E-state index contributed by atoms with van der Waals surface area (Å²) in [5.41, 5.74) is 3.85. The number of benzene rings is 1. The Morgan fingerprint density at radius 1 is 1.16 bits per heavy atom. The smallest absolute Gasteiger partial charge is 0.263 e. The molecule has 0 spiro atoms. The van der Waals surface area contributed by atoms with Crippen molar-refractivity contribution in [2.24, 2.45) is 0 Å². The minimum Gasteiger partial charge on any atom is -0.474 e. The van der Waals surface area contributed by atoms with Crippen LogP contribution in [0.25, 0.3) is 0 Å². The van der Waals surface area contributed by atoms with Crippen LogP contribution in [0.3, 0.4) is 0 Å². The second kappa shape index (κ2) is 11.1. The van der Waals surface area contributed by atoms with E-state index in [0.717, 1.165) is 43.1 Å². The highest BCUT2D eigenvalue weighted by atomic mass is 16.5. The molecule has 1 saturated heterocycles. The number of aliphatic hydroxyl groups excluding tert-OH is 1. The number of aliphatic hydroxyl groups is 1. The standard InChI is InChI=1S/C27H33N7O4/c1-17(35)16-33-10-12-34(13-11-33)20-5-3-19(4-6-20)31-26(37)23-21(7-8-29-25(23)36)32-22-15-30-27-24(18(22)2)28-9-14-38-27/h3-8,15,17,28,35H,9-14,16H2,1-2H3,(H,31,37)(H2,29,32,36). The molecular formula is C27H33N7O4. The van der Waals surface area contributed by atoms with E-state index in [9.17, 15) is 14.7 Å². The Bertz CT molecular complexity index is 1350. The number of carbonyl (C=O) groups is 1. The third-order valence-corrected chi connectivity index (χ3v) is 6.79. The fourth-order valence-electron chi connectivity index (χ4n) is 4.81. The van der Waals surface area contributed by atoms with Gasteiger partial charge in [-0.15, -0.1) is 0 Å². The number of ether oxygens (including phenoxy) is 1. The molecule has 1 atom stereocenters. The molecule has 2 aliphatic heterocycles. The largest absolute Gasteiger partial charge is 0.474 e. The first-order valence-electron chi connectivity index (χ1n) is 12.8. The molecule has 3 aromatic rings. The molecule has 2 aromatic heterocycles. The number of aromatic nitrogens is 2. The Balaban J connectivity index is 1.28. The molecule has 5 rings (SSSR count). The molecule has 4 heterocycles. The highest BCUT2D eigenvalue weighted by Gasteiger charge is 2.21. The van der Waals surface area contributed by atoms with Crippen molar-refractivity contribution in [1.82, 2.24) is 14.9 Å². The second-order valence-electron chi connectivity index (χ2n) is 9.61. The highest BCUT2D eigenvalue weighted by Crippen LogP contribution is 2.34. The summed E-state index contributed by atoms with van der Waals surface area (Å²) in [6.07, 6.45) is 2.80. The minimum absolute atomic E-state index is 0.0212. The molecule has 11 heteroatoms. The molecule has 38 heavy (non-hydrogen) atoms. The fraction of sp³-hybridized carbons (Fsp3) is 0.370. The molecule has 11 nitrogen and oxygen atoms in total. The van der Waals surface area contributed by atoms with Crippen LogP contribution in [0.5, 0.6) is 5.88 Å².